The highest BCUT2D eigenvalue weighted by atomic mass is 32.1. The molecule has 4 aromatic rings. The summed E-state index contributed by atoms with van der Waals surface area (Å²) in [6.07, 6.45) is 5.01. The molecule has 2 heterocycles. The molecule has 184 valence electrons. The van der Waals surface area contributed by atoms with Crippen LogP contribution in [0.15, 0.2) is 53.9 Å². The number of ether oxygens (including phenoxy) is 1. The zero-order chi connectivity index (χ0) is 25.4. The molecule has 0 aliphatic heterocycles. The molecule has 2 aromatic heterocycles. The third-order valence-electron chi connectivity index (χ3n) is 7.14. The second kappa shape index (κ2) is 9.67. The molecule has 5 rings (SSSR count). The van der Waals surface area contributed by atoms with E-state index in [4.69, 9.17) is 9.72 Å². The molecule has 0 radical (unpaired) electrons. The van der Waals surface area contributed by atoms with E-state index < -0.39 is 0 Å². The van der Waals surface area contributed by atoms with Gasteiger partial charge in [-0.3, -0.25) is 0 Å². The number of para-hydroxylation sites is 1. The van der Waals surface area contributed by atoms with Gasteiger partial charge in [-0.05, 0) is 95.5 Å². The number of benzene rings is 2. The van der Waals surface area contributed by atoms with Gasteiger partial charge in [-0.1, -0.05) is 57.2 Å². The average Bonchev–Trinajstić information content (AvgIpc) is 3.34. The SMILES string of the molecule is Cc1cc(C(C)(C)C)cc(C)c1COC(=O)c1c2c(nc3ccccc13)C(=Cc1cccs1)CCC2. The standard InChI is InChI=1S/C32H33NO2S/c1-20-16-23(32(3,4)5)17-21(2)27(20)19-35-31(34)29-25-12-6-7-14-28(25)33-30-22(10-8-13-26(29)30)18-24-11-9-15-36-24/h6-7,9,11-12,14-18H,8,10,13,19H2,1-5H3. The van der Waals surface area contributed by atoms with Crippen LogP contribution in [-0.2, 0) is 23.2 Å². The number of fused-ring (bicyclic) bond motifs is 2. The molecule has 0 spiro atoms. The molecule has 0 bridgehead atoms. The van der Waals surface area contributed by atoms with Gasteiger partial charge in [0.25, 0.3) is 0 Å². The van der Waals surface area contributed by atoms with E-state index in [1.165, 1.54) is 16.0 Å². The van der Waals surface area contributed by atoms with E-state index in [2.05, 4.69) is 70.3 Å². The van der Waals surface area contributed by atoms with Crippen LogP contribution in [0.4, 0.5) is 0 Å². The van der Waals surface area contributed by atoms with Crippen LogP contribution in [0, 0.1) is 13.8 Å². The maximum atomic E-state index is 13.7. The molecule has 0 fully saturated rings. The molecular formula is C32H33NO2S. The number of esters is 1. The van der Waals surface area contributed by atoms with Crippen molar-refractivity contribution in [1.82, 2.24) is 4.98 Å². The molecule has 0 saturated carbocycles. The maximum absolute atomic E-state index is 13.7. The number of thiophene rings is 1. The van der Waals surface area contributed by atoms with E-state index >= 15 is 0 Å². The van der Waals surface area contributed by atoms with Gasteiger partial charge in [0, 0.05) is 10.3 Å². The van der Waals surface area contributed by atoms with Gasteiger partial charge in [0.2, 0.25) is 0 Å². The summed E-state index contributed by atoms with van der Waals surface area (Å²) in [5.41, 5.74) is 9.46. The third kappa shape index (κ3) is 4.75. The molecule has 36 heavy (non-hydrogen) atoms. The summed E-state index contributed by atoms with van der Waals surface area (Å²) in [5, 5.41) is 2.96. The van der Waals surface area contributed by atoms with Crippen molar-refractivity contribution < 1.29 is 9.53 Å². The minimum Gasteiger partial charge on any atom is -0.457 e. The number of pyridine rings is 1. The van der Waals surface area contributed by atoms with Gasteiger partial charge in [-0.2, -0.15) is 0 Å². The van der Waals surface area contributed by atoms with E-state index in [0.717, 1.165) is 58.1 Å². The number of hydrogen-bond acceptors (Lipinski definition) is 4. The zero-order valence-electron chi connectivity index (χ0n) is 21.8. The predicted octanol–water partition coefficient (Wildman–Crippen LogP) is 8.44. The Morgan fingerprint density at radius 1 is 1.06 bits per heavy atom. The summed E-state index contributed by atoms with van der Waals surface area (Å²) in [6.45, 7) is 11.1. The number of allylic oxidation sites excluding steroid dienone is 1. The predicted molar refractivity (Wildman–Crippen MR) is 151 cm³/mol. The van der Waals surface area contributed by atoms with Gasteiger partial charge in [0.05, 0.1) is 16.8 Å². The van der Waals surface area contributed by atoms with Crippen LogP contribution in [0.5, 0.6) is 0 Å². The molecule has 0 atom stereocenters. The number of aryl methyl sites for hydroxylation is 2. The van der Waals surface area contributed by atoms with Crippen molar-refractivity contribution in [3.8, 4) is 0 Å². The molecule has 0 unspecified atom stereocenters. The van der Waals surface area contributed by atoms with Crippen LogP contribution in [0.3, 0.4) is 0 Å². The topological polar surface area (TPSA) is 39.2 Å². The number of nitrogens with zero attached hydrogens (tertiary/aromatic N) is 1. The first-order chi connectivity index (χ1) is 17.2. The Bertz CT molecular complexity index is 1450. The van der Waals surface area contributed by atoms with Crippen LogP contribution in [0.25, 0.3) is 22.6 Å². The molecule has 1 aliphatic carbocycles. The van der Waals surface area contributed by atoms with Gasteiger partial charge in [0.15, 0.2) is 0 Å². The Kier molecular flexibility index (Phi) is 6.57. The Hall–Kier alpha value is -3.24. The third-order valence-corrected chi connectivity index (χ3v) is 7.96. The minimum absolute atomic E-state index is 0.0775. The summed E-state index contributed by atoms with van der Waals surface area (Å²) in [5.74, 6) is -0.263. The summed E-state index contributed by atoms with van der Waals surface area (Å²) >= 11 is 1.72. The number of carbonyl (C=O) groups is 1. The van der Waals surface area contributed by atoms with Gasteiger partial charge >= 0.3 is 5.97 Å². The molecule has 0 amide bonds. The van der Waals surface area contributed by atoms with Crippen molar-refractivity contribution in [2.45, 2.75) is 65.9 Å². The molecule has 2 aromatic carbocycles. The lowest BCUT2D eigenvalue weighted by Crippen LogP contribution is -2.16. The van der Waals surface area contributed by atoms with E-state index in [1.807, 2.05) is 24.3 Å². The van der Waals surface area contributed by atoms with E-state index in [9.17, 15) is 4.79 Å². The molecule has 0 N–H and O–H groups in total. The first-order valence-electron chi connectivity index (χ1n) is 12.7. The summed E-state index contributed by atoms with van der Waals surface area (Å²) in [4.78, 5) is 19.9. The van der Waals surface area contributed by atoms with Crippen LogP contribution in [-0.4, -0.2) is 11.0 Å². The number of carbonyl (C=O) groups excluding carboxylic acids is 1. The lowest BCUT2D eigenvalue weighted by atomic mass is 9.84. The number of aromatic nitrogens is 1. The summed E-state index contributed by atoms with van der Waals surface area (Å²) in [6, 6.07) is 16.6. The van der Waals surface area contributed by atoms with E-state index in [-0.39, 0.29) is 18.0 Å². The van der Waals surface area contributed by atoms with Crippen molar-refractivity contribution in [2.75, 3.05) is 0 Å². The lowest BCUT2D eigenvalue weighted by Gasteiger charge is -2.23. The van der Waals surface area contributed by atoms with Crippen LogP contribution < -0.4 is 0 Å². The highest BCUT2D eigenvalue weighted by Crippen LogP contribution is 2.37. The van der Waals surface area contributed by atoms with Gasteiger partial charge in [-0.25, -0.2) is 9.78 Å². The second-order valence-corrected chi connectivity index (χ2v) is 11.8. The molecule has 4 heteroatoms. The van der Waals surface area contributed by atoms with Crippen molar-refractivity contribution in [3.63, 3.8) is 0 Å². The molecule has 0 saturated heterocycles. The Morgan fingerprint density at radius 3 is 2.50 bits per heavy atom. The highest BCUT2D eigenvalue weighted by molar-refractivity contribution is 7.10. The maximum Gasteiger partial charge on any atom is 0.339 e. The highest BCUT2D eigenvalue weighted by Gasteiger charge is 2.26. The fourth-order valence-corrected chi connectivity index (χ4v) is 5.80. The first-order valence-corrected chi connectivity index (χ1v) is 13.5. The minimum atomic E-state index is -0.263. The zero-order valence-corrected chi connectivity index (χ0v) is 22.6. The Morgan fingerprint density at radius 2 is 1.81 bits per heavy atom. The van der Waals surface area contributed by atoms with Gasteiger partial charge in [0.1, 0.15) is 6.61 Å². The van der Waals surface area contributed by atoms with E-state index in [0.29, 0.717) is 5.56 Å². The largest absolute Gasteiger partial charge is 0.457 e. The monoisotopic (exact) mass is 495 g/mol. The van der Waals surface area contributed by atoms with Crippen LogP contribution in [0.2, 0.25) is 0 Å². The normalized spacial score (nSPS) is 14.8. The fourth-order valence-electron chi connectivity index (χ4n) is 5.12. The van der Waals surface area contributed by atoms with Crippen LogP contribution in [0.1, 0.15) is 82.4 Å². The van der Waals surface area contributed by atoms with Crippen molar-refractivity contribution in [1.29, 1.82) is 0 Å². The van der Waals surface area contributed by atoms with Crippen LogP contribution >= 0.6 is 11.3 Å². The average molecular weight is 496 g/mol. The van der Waals surface area contributed by atoms with Gasteiger partial charge in [-0.15, -0.1) is 11.3 Å². The Labute approximate surface area is 217 Å². The quantitative estimate of drug-likeness (QED) is 0.267. The van der Waals surface area contributed by atoms with E-state index in [1.54, 1.807) is 11.3 Å². The smallest absolute Gasteiger partial charge is 0.339 e. The lowest BCUT2D eigenvalue weighted by molar-refractivity contribution is 0.0472. The summed E-state index contributed by atoms with van der Waals surface area (Å²) in [7, 11) is 0. The van der Waals surface area contributed by atoms with Crippen molar-refractivity contribution in [3.05, 3.63) is 97.9 Å². The second-order valence-electron chi connectivity index (χ2n) is 10.8. The molecule has 3 nitrogen and oxygen atoms in total. The Balaban J connectivity index is 1.53. The summed E-state index contributed by atoms with van der Waals surface area (Å²) < 4.78 is 6.03. The molecular weight excluding hydrogens is 462 g/mol. The van der Waals surface area contributed by atoms with Crippen molar-refractivity contribution >= 4 is 39.9 Å². The number of hydrogen-bond donors (Lipinski definition) is 0. The first kappa shape index (κ1) is 24.5. The van der Waals surface area contributed by atoms with Crippen molar-refractivity contribution in [2.24, 2.45) is 0 Å². The fraction of sp³-hybridized carbons (Fsp3) is 0.312. The number of rotatable bonds is 4. The van der Waals surface area contributed by atoms with Gasteiger partial charge < -0.3 is 4.74 Å². The molecule has 1 aliphatic rings.